The lowest BCUT2D eigenvalue weighted by molar-refractivity contribution is -0.115. The molecule has 0 spiro atoms. The van der Waals surface area contributed by atoms with E-state index < -0.39 is 0 Å². The van der Waals surface area contributed by atoms with Crippen molar-refractivity contribution in [2.45, 2.75) is 13.3 Å². The van der Waals surface area contributed by atoms with Gasteiger partial charge in [-0.15, -0.1) is 0 Å². The third-order valence-corrected chi connectivity index (χ3v) is 4.40. The number of carbonyl (C=O) groups excluding carboxylic acids is 1. The van der Waals surface area contributed by atoms with Gasteiger partial charge in [-0.1, -0.05) is 17.7 Å². The molecule has 124 valence electrons. The highest BCUT2D eigenvalue weighted by Crippen LogP contribution is 2.20. The van der Waals surface area contributed by atoms with Crippen LogP contribution >= 0.6 is 11.6 Å². The maximum atomic E-state index is 12.3. The van der Waals surface area contributed by atoms with Crippen LogP contribution in [0.3, 0.4) is 0 Å². The molecule has 0 radical (unpaired) electrons. The van der Waals surface area contributed by atoms with Crippen LogP contribution in [0.5, 0.6) is 0 Å². The molecule has 0 atom stereocenters. The molecule has 1 N–H and O–H groups in total. The molecule has 3 rings (SSSR count). The highest BCUT2D eigenvalue weighted by atomic mass is 35.5. The van der Waals surface area contributed by atoms with Crippen molar-refractivity contribution in [3.05, 3.63) is 63.0 Å². The number of fused-ring (bicyclic) bond motifs is 1. The molecule has 0 aliphatic carbocycles. The number of anilines is 1. The molecule has 1 amide bonds. The molecule has 0 aliphatic rings. The third-order valence-electron chi connectivity index (χ3n) is 4.16. The number of carbonyl (C=O) groups is 1. The Morgan fingerprint density at radius 3 is 2.50 bits per heavy atom. The second kappa shape index (κ2) is 6.17. The van der Waals surface area contributed by atoms with Crippen molar-refractivity contribution in [3.8, 4) is 0 Å². The number of aromatic nitrogens is 2. The van der Waals surface area contributed by atoms with Gasteiger partial charge in [0.25, 0.3) is 0 Å². The van der Waals surface area contributed by atoms with Gasteiger partial charge < -0.3 is 5.32 Å². The summed E-state index contributed by atoms with van der Waals surface area (Å²) in [5.74, 6) is -0.110. The molecular formula is C18H18ClN3O2. The van der Waals surface area contributed by atoms with Crippen LogP contribution in [0.25, 0.3) is 11.0 Å². The van der Waals surface area contributed by atoms with Crippen LogP contribution in [0.15, 0.2) is 41.2 Å². The molecule has 1 heterocycles. The number of amides is 1. The van der Waals surface area contributed by atoms with Gasteiger partial charge in [0.15, 0.2) is 0 Å². The van der Waals surface area contributed by atoms with E-state index in [2.05, 4.69) is 5.32 Å². The number of halogens is 1. The van der Waals surface area contributed by atoms with Crippen LogP contribution in [0.4, 0.5) is 5.69 Å². The molecule has 0 unspecified atom stereocenters. The number of aryl methyl sites for hydroxylation is 3. The van der Waals surface area contributed by atoms with E-state index in [0.29, 0.717) is 5.02 Å². The summed E-state index contributed by atoms with van der Waals surface area (Å²) in [5, 5.41) is 3.53. The van der Waals surface area contributed by atoms with Crippen LogP contribution < -0.4 is 11.0 Å². The minimum atomic E-state index is -0.110. The summed E-state index contributed by atoms with van der Waals surface area (Å²) in [5.41, 5.74) is 4.10. The Kier molecular flexibility index (Phi) is 4.20. The van der Waals surface area contributed by atoms with Crippen LogP contribution in [0, 0.1) is 6.92 Å². The van der Waals surface area contributed by atoms with Crippen molar-refractivity contribution in [2.75, 3.05) is 5.32 Å². The van der Waals surface area contributed by atoms with E-state index in [-0.39, 0.29) is 18.0 Å². The lowest BCUT2D eigenvalue weighted by atomic mass is 10.1. The number of nitrogens with one attached hydrogen (secondary N) is 1. The maximum Gasteiger partial charge on any atom is 0.328 e. The van der Waals surface area contributed by atoms with Gasteiger partial charge in [0.1, 0.15) is 0 Å². The average molecular weight is 344 g/mol. The van der Waals surface area contributed by atoms with Gasteiger partial charge in [0, 0.05) is 24.8 Å². The Balaban J connectivity index is 1.83. The number of hydrogen-bond acceptors (Lipinski definition) is 2. The monoisotopic (exact) mass is 343 g/mol. The molecule has 0 aliphatic heterocycles. The number of nitrogens with zero attached hydrogens (tertiary/aromatic N) is 2. The average Bonchev–Trinajstić information content (AvgIpc) is 2.75. The van der Waals surface area contributed by atoms with E-state index in [9.17, 15) is 9.59 Å². The van der Waals surface area contributed by atoms with E-state index in [4.69, 9.17) is 11.6 Å². The Morgan fingerprint density at radius 2 is 1.79 bits per heavy atom. The fraction of sp³-hybridized carbons (Fsp3) is 0.222. The molecule has 24 heavy (non-hydrogen) atoms. The highest BCUT2D eigenvalue weighted by Gasteiger charge is 2.11. The second-order valence-corrected chi connectivity index (χ2v) is 6.34. The fourth-order valence-corrected chi connectivity index (χ4v) is 3.04. The number of hydrogen-bond donors (Lipinski definition) is 1. The highest BCUT2D eigenvalue weighted by molar-refractivity contribution is 6.30. The molecule has 0 bridgehead atoms. The normalized spacial score (nSPS) is 11.0. The fourth-order valence-electron chi connectivity index (χ4n) is 2.81. The van der Waals surface area contributed by atoms with Gasteiger partial charge in [0.05, 0.1) is 17.5 Å². The second-order valence-electron chi connectivity index (χ2n) is 5.91. The van der Waals surface area contributed by atoms with Crippen molar-refractivity contribution < 1.29 is 4.79 Å². The Bertz CT molecular complexity index is 1000. The van der Waals surface area contributed by atoms with Crippen LogP contribution in [-0.4, -0.2) is 15.0 Å². The van der Waals surface area contributed by atoms with Gasteiger partial charge in [0.2, 0.25) is 5.91 Å². The first-order valence-electron chi connectivity index (χ1n) is 7.57. The van der Waals surface area contributed by atoms with Crippen molar-refractivity contribution in [1.82, 2.24) is 9.13 Å². The van der Waals surface area contributed by atoms with Crippen molar-refractivity contribution in [3.63, 3.8) is 0 Å². The molecule has 5 nitrogen and oxygen atoms in total. The van der Waals surface area contributed by atoms with Crippen LogP contribution in [0.1, 0.15) is 11.1 Å². The number of benzene rings is 2. The zero-order valence-electron chi connectivity index (χ0n) is 13.8. The van der Waals surface area contributed by atoms with Crippen molar-refractivity contribution in [2.24, 2.45) is 14.1 Å². The van der Waals surface area contributed by atoms with Gasteiger partial charge in [-0.3, -0.25) is 13.9 Å². The summed E-state index contributed by atoms with van der Waals surface area (Å²) in [7, 11) is 3.46. The van der Waals surface area contributed by atoms with Gasteiger partial charge in [-0.25, -0.2) is 4.79 Å². The van der Waals surface area contributed by atoms with E-state index in [0.717, 1.165) is 27.8 Å². The Labute approximate surface area is 144 Å². The standard InChI is InChI=1S/C18H18ClN3O2/c1-11-8-13(19)5-6-14(11)20-17(23)10-12-4-7-15-16(9-12)22(3)18(24)21(15)2/h4-9H,10H2,1-3H3,(H,20,23). The predicted octanol–water partition coefficient (Wildman–Crippen LogP) is 3.02. The smallest absolute Gasteiger partial charge is 0.326 e. The van der Waals surface area contributed by atoms with E-state index >= 15 is 0 Å². The van der Waals surface area contributed by atoms with Crippen LogP contribution in [-0.2, 0) is 25.3 Å². The Hall–Kier alpha value is -2.53. The van der Waals surface area contributed by atoms with E-state index in [1.165, 1.54) is 0 Å². The molecule has 0 fully saturated rings. The van der Waals surface area contributed by atoms with E-state index in [1.54, 1.807) is 35.4 Å². The summed E-state index contributed by atoms with van der Waals surface area (Å²) in [6, 6.07) is 11.0. The quantitative estimate of drug-likeness (QED) is 0.794. The predicted molar refractivity (Wildman–Crippen MR) is 96.7 cm³/mol. The summed E-state index contributed by atoms with van der Waals surface area (Å²) < 4.78 is 3.18. The summed E-state index contributed by atoms with van der Waals surface area (Å²) in [6.07, 6.45) is 0.237. The molecule has 2 aromatic carbocycles. The number of imidazole rings is 1. The maximum absolute atomic E-state index is 12.3. The van der Waals surface area contributed by atoms with E-state index in [1.807, 2.05) is 31.2 Å². The third kappa shape index (κ3) is 2.95. The van der Waals surface area contributed by atoms with Gasteiger partial charge in [-0.05, 0) is 48.4 Å². The SMILES string of the molecule is Cc1cc(Cl)ccc1NC(=O)Cc1ccc2c(c1)n(C)c(=O)n2C. The topological polar surface area (TPSA) is 56.0 Å². The Morgan fingerprint density at radius 1 is 1.08 bits per heavy atom. The molecule has 1 aromatic heterocycles. The van der Waals surface area contributed by atoms with Crippen LogP contribution in [0.2, 0.25) is 5.02 Å². The molecule has 3 aromatic rings. The summed E-state index contributed by atoms with van der Waals surface area (Å²) in [6.45, 7) is 1.90. The minimum absolute atomic E-state index is 0.0802. The largest absolute Gasteiger partial charge is 0.328 e. The summed E-state index contributed by atoms with van der Waals surface area (Å²) >= 11 is 5.93. The molecule has 6 heteroatoms. The van der Waals surface area contributed by atoms with Crippen molar-refractivity contribution in [1.29, 1.82) is 0 Å². The molecular weight excluding hydrogens is 326 g/mol. The number of rotatable bonds is 3. The zero-order valence-corrected chi connectivity index (χ0v) is 14.5. The lowest BCUT2D eigenvalue weighted by Gasteiger charge is -2.09. The lowest BCUT2D eigenvalue weighted by Crippen LogP contribution is -2.19. The first kappa shape index (κ1) is 16.3. The summed E-state index contributed by atoms with van der Waals surface area (Å²) in [4.78, 5) is 24.3. The minimum Gasteiger partial charge on any atom is -0.326 e. The molecule has 0 saturated heterocycles. The zero-order chi connectivity index (χ0) is 17.4. The first-order chi connectivity index (χ1) is 11.4. The van der Waals surface area contributed by atoms with Crippen molar-refractivity contribution >= 4 is 34.2 Å². The molecule has 0 saturated carbocycles. The van der Waals surface area contributed by atoms with Gasteiger partial charge >= 0.3 is 5.69 Å². The van der Waals surface area contributed by atoms with Gasteiger partial charge in [-0.2, -0.15) is 0 Å². The first-order valence-corrected chi connectivity index (χ1v) is 7.95.